The Labute approximate surface area is 165 Å². The molecule has 0 saturated heterocycles. The summed E-state index contributed by atoms with van der Waals surface area (Å²) in [5.41, 5.74) is 4.91. The summed E-state index contributed by atoms with van der Waals surface area (Å²) in [5.74, 6) is 0.996. The summed E-state index contributed by atoms with van der Waals surface area (Å²) in [4.78, 5) is 13.1. The van der Waals surface area contributed by atoms with Crippen molar-refractivity contribution in [1.29, 1.82) is 0 Å². The number of carbonyl (C=O) groups is 1. The molecule has 0 N–H and O–H groups in total. The lowest BCUT2D eigenvalue weighted by Crippen LogP contribution is -2.61. The van der Waals surface area contributed by atoms with E-state index < -0.39 is 16.4 Å². The quantitative estimate of drug-likeness (QED) is 0.696. The molecule has 0 bridgehead atoms. The summed E-state index contributed by atoms with van der Waals surface area (Å²) >= 11 is 0. The van der Waals surface area contributed by atoms with E-state index in [0.29, 0.717) is 0 Å². The molecular weight excluding hydrogens is 364 g/mol. The first-order valence-corrected chi connectivity index (χ1v) is 15.0. The third-order valence-corrected chi connectivity index (χ3v) is 14.6. The lowest BCUT2D eigenvalue weighted by molar-refractivity contribution is 0.104. The van der Waals surface area contributed by atoms with E-state index in [0.717, 1.165) is 22.1 Å². The normalized spacial score (nSPS) is 19.3. The van der Waals surface area contributed by atoms with Crippen molar-refractivity contribution < 1.29 is 9.22 Å². The first kappa shape index (κ1) is 19.8. The van der Waals surface area contributed by atoms with Gasteiger partial charge in [-0.05, 0) is 53.6 Å². The average molecular weight is 395 g/mol. The van der Waals surface area contributed by atoms with Gasteiger partial charge in [0.1, 0.15) is 13.8 Å². The van der Waals surface area contributed by atoms with Crippen LogP contribution in [0.2, 0.25) is 24.7 Å². The highest BCUT2D eigenvalue weighted by molar-refractivity contribution is 7.07. The Balaban J connectivity index is 2.16. The van der Waals surface area contributed by atoms with Gasteiger partial charge in [0.2, 0.25) is 8.32 Å². The Bertz CT molecular complexity index is 938. The zero-order chi connectivity index (χ0) is 20.2. The monoisotopic (exact) mass is 394 g/mol. The Morgan fingerprint density at radius 2 is 1.59 bits per heavy atom. The highest BCUT2D eigenvalue weighted by atomic mass is 28.4. The summed E-state index contributed by atoms with van der Waals surface area (Å²) in [6.07, 6.45) is 0. The van der Waals surface area contributed by atoms with Crippen LogP contribution >= 0.6 is 0 Å². The van der Waals surface area contributed by atoms with Crippen LogP contribution in [0.25, 0.3) is 0 Å². The fourth-order valence-corrected chi connectivity index (χ4v) is 7.69. The van der Waals surface area contributed by atoms with E-state index in [1.165, 1.54) is 10.8 Å². The van der Waals surface area contributed by atoms with Crippen molar-refractivity contribution in [3.05, 3.63) is 65.4 Å². The summed E-state index contributed by atoms with van der Waals surface area (Å²) in [6.45, 7) is 19.7. The fraction of sp³-hybridized carbons (Fsp3) is 0.348. The third-order valence-electron chi connectivity index (χ3n) is 6.36. The zero-order valence-corrected chi connectivity index (χ0v) is 19.6. The minimum absolute atomic E-state index is 0.116. The number of benzene rings is 2. The molecule has 4 heteroatoms. The molecule has 0 amide bonds. The van der Waals surface area contributed by atoms with Gasteiger partial charge in [-0.1, -0.05) is 56.8 Å². The molecule has 1 aliphatic heterocycles. The van der Waals surface area contributed by atoms with Crippen molar-refractivity contribution in [1.82, 2.24) is 0 Å². The topological polar surface area (TPSA) is 26.3 Å². The summed E-state index contributed by atoms with van der Waals surface area (Å²) in [6, 6.07) is 12.2. The lowest BCUT2D eigenvalue weighted by atomic mass is 10.0. The molecule has 2 nitrogen and oxygen atoms in total. The summed E-state index contributed by atoms with van der Waals surface area (Å²) in [5, 5.41) is 2.41. The Morgan fingerprint density at radius 1 is 1.04 bits per heavy atom. The second kappa shape index (κ2) is 6.31. The molecule has 0 spiro atoms. The van der Waals surface area contributed by atoms with E-state index in [-0.39, 0.29) is 10.8 Å². The molecule has 27 heavy (non-hydrogen) atoms. The molecule has 1 atom stereocenters. The van der Waals surface area contributed by atoms with Crippen molar-refractivity contribution in [3.8, 4) is 5.75 Å². The summed E-state index contributed by atoms with van der Waals surface area (Å²) in [7, 11) is -4.14. The van der Waals surface area contributed by atoms with E-state index in [1.54, 1.807) is 0 Å². The van der Waals surface area contributed by atoms with Crippen molar-refractivity contribution in [3.63, 3.8) is 0 Å². The van der Waals surface area contributed by atoms with Crippen LogP contribution in [0.15, 0.2) is 48.7 Å². The number of aryl methyl sites for hydroxylation is 1. The second-order valence-corrected chi connectivity index (χ2v) is 18.0. The van der Waals surface area contributed by atoms with Gasteiger partial charge >= 0.3 is 0 Å². The van der Waals surface area contributed by atoms with Gasteiger partial charge in [0.05, 0.1) is 0 Å². The van der Waals surface area contributed by atoms with Gasteiger partial charge in [-0.3, -0.25) is 4.79 Å². The first-order chi connectivity index (χ1) is 12.4. The number of carbonyl (C=O) groups excluding carboxylic acids is 1. The van der Waals surface area contributed by atoms with Crippen LogP contribution in [0, 0.1) is 6.92 Å². The largest absolute Gasteiger partial charge is 0.544 e. The molecule has 3 rings (SSSR count). The Kier molecular flexibility index (Phi) is 4.64. The predicted octanol–water partition coefficient (Wildman–Crippen LogP) is 4.84. The number of rotatable bonds is 3. The third kappa shape index (κ3) is 3.15. The van der Waals surface area contributed by atoms with Crippen molar-refractivity contribution in [2.75, 3.05) is 0 Å². The van der Waals surface area contributed by atoms with Crippen molar-refractivity contribution in [2.24, 2.45) is 0 Å². The van der Waals surface area contributed by atoms with E-state index in [9.17, 15) is 4.79 Å². The van der Waals surface area contributed by atoms with Gasteiger partial charge in [0, 0.05) is 11.1 Å². The zero-order valence-electron chi connectivity index (χ0n) is 17.6. The highest BCUT2D eigenvalue weighted by Gasteiger charge is 2.42. The molecular formula is C23H30O2Si2. The van der Waals surface area contributed by atoms with Crippen LogP contribution in [-0.2, 0) is 0 Å². The van der Waals surface area contributed by atoms with Crippen molar-refractivity contribution >= 4 is 32.5 Å². The predicted molar refractivity (Wildman–Crippen MR) is 120 cm³/mol. The maximum Gasteiger partial charge on any atom is 0.250 e. The van der Waals surface area contributed by atoms with Crippen LogP contribution in [-0.4, -0.2) is 22.2 Å². The van der Waals surface area contributed by atoms with Crippen LogP contribution in [0.1, 0.15) is 42.3 Å². The van der Waals surface area contributed by atoms with Gasteiger partial charge in [0.25, 0.3) is 0 Å². The van der Waals surface area contributed by atoms with Gasteiger partial charge in [-0.25, -0.2) is 0 Å². The highest BCUT2D eigenvalue weighted by Crippen LogP contribution is 2.37. The molecule has 0 aliphatic carbocycles. The number of hydrogen-bond acceptors (Lipinski definition) is 2. The molecule has 0 aromatic heterocycles. The molecule has 0 saturated carbocycles. The smallest absolute Gasteiger partial charge is 0.250 e. The van der Waals surface area contributed by atoms with Crippen molar-refractivity contribution in [2.45, 2.75) is 52.4 Å². The van der Waals surface area contributed by atoms with Gasteiger partial charge in [0.15, 0.2) is 5.78 Å². The SMILES string of the molecule is C=C[Si]1(C)c2cc(C)ccc2C(=O)c2ccc(O[Si](C)(C)C(C)(C)C)cc21. The van der Waals surface area contributed by atoms with Crippen LogP contribution in [0.3, 0.4) is 0 Å². The maximum absolute atomic E-state index is 13.1. The molecule has 2 aromatic carbocycles. The Morgan fingerprint density at radius 3 is 2.15 bits per heavy atom. The number of fused-ring (bicyclic) bond motifs is 2. The first-order valence-electron chi connectivity index (χ1n) is 9.54. The summed E-state index contributed by atoms with van der Waals surface area (Å²) < 4.78 is 6.53. The van der Waals surface area contributed by atoms with E-state index in [1.807, 2.05) is 24.3 Å². The number of ketones is 1. The average Bonchev–Trinajstić information content (AvgIpc) is 2.58. The lowest BCUT2D eigenvalue weighted by Gasteiger charge is -2.38. The molecule has 142 valence electrons. The Hall–Kier alpha value is -1.92. The van der Waals surface area contributed by atoms with Gasteiger partial charge in [-0.15, -0.1) is 6.58 Å². The van der Waals surface area contributed by atoms with Crippen LogP contribution in [0.5, 0.6) is 5.75 Å². The minimum Gasteiger partial charge on any atom is -0.544 e. The molecule has 0 fully saturated rings. The van der Waals surface area contributed by atoms with Gasteiger partial charge in [-0.2, -0.15) is 0 Å². The molecule has 1 unspecified atom stereocenters. The molecule has 0 radical (unpaired) electrons. The van der Waals surface area contributed by atoms with Crippen LogP contribution < -0.4 is 14.8 Å². The molecule has 1 heterocycles. The van der Waals surface area contributed by atoms with E-state index in [2.05, 4.69) is 71.7 Å². The van der Waals surface area contributed by atoms with Gasteiger partial charge < -0.3 is 4.43 Å². The number of hydrogen-bond donors (Lipinski definition) is 0. The molecule has 2 aromatic rings. The fourth-order valence-electron chi connectivity index (χ4n) is 3.46. The minimum atomic E-state index is -2.20. The van der Waals surface area contributed by atoms with E-state index >= 15 is 0 Å². The van der Waals surface area contributed by atoms with Crippen LogP contribution in [0.4, 0.5) is 0 Å². The standard InChI is InChI=1S/C23H30O2Si2/c1-9-27(8)20-14-16(2)10-12-18(20)22(24)19-13-11-17(15-21(19)27)25-26(6,7)23(3,4)5/h9-15H,1H2,2-8H3. The maximum atomic E-state index is 13.1. The second-order valence-electron chi connectivity index (χ2n) is 9.35. The van der Waals surface area contributed by atoms with E-state index in [4.69, 9.17) is 4.43 Å². The molecule has 1 aliphatic rings.